The van der Waals surface area contributed by atoms with E-state index in [2.05, 4.69) is 65.8 Å². The Balaban J connectivity index is 1.23. The summed E-state index contributed by atoms with van der Waals surface area (Å²) >= 11 is 1.32. The van der Waals surface area contributed by atoms with Crippen molar-refractivity contribution in [2.45, 2.75) is 25.2 Å². The van der Waals surface area contributed by atoms with Gasteiger partial charge in [-0.2, -0.15) is 0 Å². The van der Waals surface area contributed by atoms with E-state index >= 15 is 0 Å². The van der Waals surface area contributed by atoms with Crippen LogP contribution in [-0.2, 0) is 4.79 Å². The van der Waals surface area contributed by atoms with E-state index in [0.717, 1.165) is 11.8 Å². The number of carbonyl (C=O) groups excluding carboxylic acids is 1. The number of para-hydroxylation sites is 1. The molecule has 0 fully saturated rings. The van der Waals surface area contributed by atoms with Crippen molar-refractivity contribution in [3.8, 4) is 11.3 Å². The maximum atomic E-state index is 13.9. The first-order chi connectivity index (χ1) is 17.5. The summed E-state index contributed by atoms with van der Waals surface area (Å²) in [5, 5.41) is 6.18. The lowest BCUT2D eigenvalue weighted by molar-refractivity contribution is -0.126. The summed E-state index contributed by atoms with van der Waals surface area (Å²) in [6.45, 7) is 2.07. The lowest BCUT2D eigenvalue weighted by atomic mass is 9.52. The third kappa shape index (κ3) is 3.04. The van der Waals surface area contributed by atoms with E-state index in [9.17, 15) is 9.59 Å². The highest BCUT2D eigenvalue weighted by Gasteiger charge is 2.53. The van der Waals surface area contributed by atoms with Crippen LogP contribution in [0.2, 0.25) is 0 Å². The van der Waals surface area contributed by atoms with Crippen LogP contribution in [0.3, 0.4) is 0 Å². The minimum Gasteiger partial charge on any atom is -0.422 e. The summed E-state index contributed by atoms with van der Waals surface area (Å²) in [7, 11) is 0. The van der Waals surface area contributed by atoms with Crippen LogP contribution in [0.4, 0.5) is 5.13 Å². The number of hydrogen-bond donors (Lipinski definition) is 1. The van der Waals surface area contributed by atoms with Crippen molar-refractivity contribution >= 4 is 33.3 Å². The maximum absolute atomic E-state index is 13.9. The van der Waals surface area contributed by atoms with Crippen LogP contribution in [0.1, 0.15) is 47.4 Å². The molecule has 3 aliphatic rings. The van der Waals surface area contributed by atoms with Gasteiger partial charge in [-0.25, -0.2) is 9.78 Å². The number of benzene rings is 3. The SMILES string of the molecule is CC1(C(=O)Nc2nc(-c3cc4ccccc4oc3=O)cs2)CC2c3ccccc3C1c1ccccc12. The van der Waals surface area contributed by atoms with Crippen LogP contribution in [-0.4, -0.2) is 10.9 Å². The minimum absolute atomic E-state index is 0.0261. The highest BCUT2D eigenvalue weighted by molar-refractivity contribution is 7.14. The van der Waals surface area contributed by atoms with Gasteiger partial charge in [0.15, 0.2) is 5.13 Å². The van der Waals surface area contributed by atoms with Crippen molar-refractivity contribution in [3.63, 3.8) is 0 Å². The van der Waals surface area contributed by atoms with Crippen molar-refractivity contribution in [1.29, 1.82) is 0 Å². The topological polar surface area (TPSA) is 72.2 Å². The Bertz CT molecular complexity index is 1690. The largest absolute Gasteiger partial charge is 0.422 e. The third-order valence-corrected chi connectivity index (χ3v) is 8.55. The van der Waals surface area contributed by atoms with E-state index in [1.54, 1.807) is 17.5 Å². The number of anilines is 1. The lowest BCUT2D eigenvalue weighted by Crippen LogP contribution is -2.47. The number of thiazole rings is 1. The predicted molar refractivity (Wildman–Crippen MR) is 142 cm³/mol. The van der Waals surface area contributed by atoms with Crippen LogP contribution >= 0.6 is 11.3 Å². The van der Waals surface area contributed by atoms with Crippen LogP contribution in [0.5, 0.6) is 0 Å². The first kappa shape index (κ1) is 21.3. The Kier molecular flexibility index (Phi) is 4.57. The molecule has 3 aliphatic carbocycles. The molecule has 2 aromatic heterocycles. The highest BCUT2D eigenvalue weighted by atomic mass is 32.1. The summed E-state index contributed by atoms with van der Waals surface area (Å²) in [6.07, 6.45) is 0.740. The highest BCUT2D eigenvalue weighted by Crippen LogP contribution is 2.61. The van der Waals surface area contributed by atoms with Crippen LogP contribution in [0.25, 0.3) is 22.2 Å². The molecule has 0 aliphatic heterocycles. The van der Waals surface area contributed by atoms with Gasteiger partial charge < -0.3 is 9.73 Å². The van der Waals surface area contributed by atoms with Crippen molar-refractivity contribution in [2.24, 2.45) is 5.41 Å². The second-order valence-electron chi connectivity index (χ2n) is 9.84. The summed E-state index contributed by atoms with van der Waals surface area (Å²) in [6, 6.07) is 26.2. The number of amides is 1. The quantitative estimate of drug-likeness (QED) is 0.291. The molecule has 2 bridgehead atoms. The minimum atomic E-state index is -0.624. The number of rotatable bonds is 3. The van der Waals surface area contributed by atoms with Gasteiger partial charge in [0.1, 0.15) is 5.58 Å². The molecule has 1 amide bonds. The Morgan fingerprint density at radius 1 is 0.972 bits per heavy atom. The van der Waals surface area contributed by atoms with E-state index in [4.69, 9.17) is 4.42 Å². The lowest BCUT2D eigenvalue weighted by Gasteiger charge is -2.50. The van der Waals surface area contributed by atoms with Gasteiger partial charge >= 0.3 is 5.63 Å². The van der Waals surface area contributed by atoms with Gasteiger partial charge in [0.2, 0.25) is 5.91 Å². The molecule has 5 aromatic rings. The zero-order valence-corrected chi connectivity index (χ0v) is 20.3. The molecule has 0 saturated heterocycles. The van der Waals surface area contributed by atoms with Gasteiger partial charge in [0, 0.05) is 22.6 Å². The van der Waals surface area contributed by atoms with E-state index in [1.165, 1.54) is 33.6 Å². The summed E-state index contributed by atoms with van der Waals surface area (Å²) in [5.41, 5.74) is 5.48. The molecule has 176 valence electrons. The van der Waals surface area contributed by atoms with E-state index in [-0.39, 0.29) is 17.7 Å². The normalized spacial score (nSPS) is 21.7. The molecule has 1 unspecified atom stereocenters. The molecule has 8 rings (SSSR count). The number of aromatic nitrogens is 1. The van der Waals surface area contributed by atoms with Gasteiger partial charge in [-0.15, -0.1) is 11.3 Å². The van der Waals surface area contributed by atoms with Crippen LogP contribution < -0.4 is 10.9 Å². The number of nitrogens with zero attached hydrogens (tertiary/aromatic N) is 1. The first-order valence-corrected chi connectivity index (χ1v) is 12.9. The first-order valence-electron chi connectivity index (χ1n) is 12.0. The fraction of sp³-hybridized carbons (Fsp3) is 0.167. The molecular weight excluding hydrogens is 468 g/mol. The third-order valence-electron chi connectivity index (χ3n) is 7.79. The second-order valence-corrected chi connectivity index (χ2v) is 10.7. The van der Waals surface area contributed by atoms with E-state index < -0.39 is 11.0 Å². The fourth-order valence-electron chi connectivity index (χ4n) is 6.12. The molecule has 1 atom stereocenters. The van der Waals surface area contributed by atoms with Crippen molar-refractivity contribution in [1.82, 2.24) is 4.98 Å². The molecule has 0 spiro atoms. The Morgan fingerprint density at radius 2 is 1.61 bits per heavy atom. The second kappa shape index (κ2) is 7.73. The van der Waals surface area contributed by atoms with Gasteiger partial charge in [0.25, 0.3) is 0 Å². The summed E-state index contributed by atoms with van der Waals surface area (Å²) in [4.78, 5) is 31.0. The van der Waals surface area contributed by atoms with Gasteiger partial charge in [-0.3, -0.25) is 4.79 Å². The van der Waals surface area contributed by atoms with Crippen molar-refractivity contribution < 1.29 is 9.21 Å². The molecule has 0 saturated carbocycles. The smallest absolute Gasteiger partial charge is 0.345 e. The van der Waals surface area contributed by atoms with Gasteiger partial charge in [-0.1, -0.05) is 66.7 Å². The molecule has 2 heterocycles. The number of nitrogens with one attached hydrogen (secondary N) is 1. The molecule has 36 heavy (non-hydrogen) atoms. The molecule has 0 radical (unpaired) electrons. The monoisotopic (exact) mass is 490 g/mol. The van der Waals surface area contributed by atoms with Crippen molar-refractivity contribution in [2.75, 3.05) is 5.32 Å². The van der Waals surface area contributed by atoms with Crippen LogP contribution in [0, 0.1) is 5.41 Å². The molecule has 6 heteroatoms. The average molecular weight is 491 g/mol. The van der Waals surface area contributed by atoms with E-state index in [1.807, 2.05) is 18.2 Å². The number of carbonyl (C=O) groups is 1. The zero-order valence-electron chi connectivity index (χ0n) is 19.5. The maximum Gasteiger partial charge on any atom is 0.345 e. The molecule has 1 N–H and O–H groups in total. The Labute approximate surface area is 211 Å². The predicted octanol–water partition coefficient (Wildman–Crippen LogP) is 6.54. The summed E-state index contributed by atoms with van der Waals surface area (Å²) in [5.74, 6) is 0.113. The fourth-order valence-corrected chi connectivity index (χ4v) is 6.83. The number of fused-ring (bicyclic) bond motifs is 2. The molecule has 3 aromatic carbocycles. The van der Waals surface area contributed by atoms with Gasteiger partial charge in [-0.05, 0) is 47.7 Å². The van der Waals surface area contributed by atoms with E-state index in [0.29, 0.717) is 22.0 Å². The Hall–Kier alpha value is -4.03. The average Bonchev–Trinajstić information content (AvgIpc) is 3.36. The summed E-state index contributed by atoms with van der Waals surface area (Å²) < 4.78 is 5.47. The zero-order chi connectivity index (χ0) is 24.4. The molecular formula is C30H22N2O3S. The van der Waals surface area contributed by atoms with Gasteiger partial charge in [0.05, 0.1) is 16.7 Å². The standard InChI is InChI=1S/C30H22N2O3S/c1-30(15-23-18-9-3-5-11-20(18)26(30)21-12-6-4-10-19(21)23)28(34)32-29-31-24(16-36-29)22-14-17-8-2-7-13-25(17)35-27(22)33/h2-14,16,23,26H,15H2,1H3,(H,31,32,34). The number of hydrogen-bond acceptors (Lipinski definition) is 5. The van der Waals surface area contributed by atoms with Crippen molar-refractivity contribution in [3.05, 3.63) is 117 Å². The molecule has 5 nitrogen and oxygen atoms in total. The Morgan fingerprint density at radius 3 is 2.33 bits per heavy atom. The van der Waals surface area contributed by atoms with Crippen LogP contribution in [0.15, 0.2) is 93.5 Å².